The van der Waals surface area contributed by atoms with E-state index in [1.54, 1.807) is 0 Å². The van der Waals surface area contributed by atoms with Crippen molar-refractivity contribution in [3.63, 3.8) is 0 Å². The second kappa shape index (κ2) is 9.51. The highest BCUT2D eigenvalue weighted by molar-refractivity contribution is 6.10. The van der Waals surface area contributed by atoms with Gasteiger partial charge in [-0.3, -0.25) is 15.2 Å². The zero-order valence-electron chi connectivity index (χ0n) is 18.8. The molecule has 1 spiro atoms. The molecule has 1 N–H and O–H groups in total. The van der Waals surface area contributed by atoms with Gasteiger partial charge in [-0.15, -0.1) is 0 Å². The van der Waals surface area contributed by atoms with Gasteiger partial charge >= 0.3 is 6.03 Å². The maximum absolute atomic E-state index is 13.0. The number of aliphatic imine (C=N–C) groups is 1. The number of carbonyl (C=O) groups is 1. The number of hydrogen-bond acceptors (Lipinski definition) is 3. The Hall–Kier alpha value is -1.88. The molecular weight excluding hydrogens is 372 g/mol. The SMILES string of the molecule is CC(C)CCN1C(=O)NC(=NC2CCCCC2)C12CCN(Cc1ccccc1)CC2. The molecule has 5 heteroatoms. The molecule has 3 aliphatic rings. The Morgan fingerprint density at radius 1 is 1.10 bits per heavy atom. The number of urea groups is 1. The average Bonchev–Trinajstić information content (AvgIpc) is 3.00. The number of piperidine rings is 1. The predicted octanol–water partition coefficient (Wildman–Crippen LogP) is 4.82. The predicted molar refractivity (Wildman–Crippen MR) is 123 cm³/mol. The normalized spacial score (nSPS) is 24.2. The third-order valence-electron chi connectivity index (χ3n) is 7.18. The third kappa shape index (κ3) is 4.72. The fourth-order valence-corrected chi connectivity index (χ4v) is 5.28. The molecule has 164 valence electrons. The van der Waals surface area contributed by atoms with Gasteiger partial charge in [-0.2, -0.15) is 0 Å². The number of carbonyl (C=O) groups excluding carboxylic acids is 1. The van der Waals surface area contributed by atoms with Crippen LogP contribution in [0, 0.1) is 5.92 Å². The lowest BCUT2D eigenvalue weighted by Crippen LogP contribution is -2.56. The topological polar surface area (TPSA) is 47.9 Å². The molecule has 1 aromatic rings. The summed E-state index contributed by atoms with van der Waals surface area (Å²) < 4.78 is 0. The van der Waals surface area contributed by atoms with Crippen molar-refractivity contribution >= 4 is 11.9 Å². The van der Waals surface area contributed by atoms with Gasteiger partial charge in [0.2, 0.25) is 0 Å². The van der Waals surface area contributed by atoms with Gasteiger partial charge in [0.25, 0.3) is 0 Å². The summed E-state index contributed by atoms with van der Waals surface area (Å²) in [5, 5.41) is 3.22. The number of amides is 2. The van der Waals surface area contributed by atoms with Crippen molar-refractivity contribution < 1.29 is 4.79 Å². The summed E-state index contributed by atoms with van der Waals surface area (Å²) in [6.45, 7) is 8.29. The molecule has 1 aromatic carbocycles. The first-order valence-corrected chi connectivity index (χ1v) is 12.0. The van der Waals surface area contributed by atoms with Crippen LogP contribution in [0.1, 0.15) is 70.8 Å². The van der Waals surface area contributed by atoms with Gasteiger partial charge in [-0.1, -0.05) is 63.4 Å². The van der Waals surface area contributed by atoms with Gasteiger partial charge in [0.05, 0.1) is 6.04 Å². The van der Waals surface area contributed by atoms with Crippen molar-refractivity contribution in [3.05, 3.63) is 35.9 Å². The number of rotatable bonds is 6. The molecule has 5 nitrogen and oxygen atoms in total. The second-order valence-corrected chi connectivity index (χ2v) is 9.83. The van der Waals surface area contributed by atoms with Crippen molar-refractivity contribution in [1.29, 1.82) is 0 Å². The van der Waals surface area contributed by atoms with E-state index in [0.29, 0.717) is 12.0 Å². The van der Waals surface area contributed by atoms with Crippen LogP contribution in [0.25, 0.3) is 0 Å². The quantitative estimate of drug-likeness (QED) is 0.731. The van der Waals surface area contributed by atoms with Crippen LogP contribution in [0.2, 0.25) is 0 Å². The minimum atomic E-state index is -0.226. The van der Waals surface area contributed by atoms with E-state index in [1.165, 1.54) is 37.7 Å². The van der Waals surface area contributed by atoms with E-state index in [2.05, 4.69) is 59.3 Å². The number of nitrogens with one attached hydrogen (secondary N) is 1. The molecule has 0 aromatic heterocycles. The van der Waals surface area contributed by atoms with Gasteiger partial charge in [-0.25, -0.2) is 4.79 Å². The van der Waals surface area contributed by atoms with E-state index in [4.69, 9.17) is 4.99 Å². The Labute approximate surface area is 181 Å². The van der Waals surface area contributed by atoms with Crippen LogP contribution in [-0.2, 0) is 6.54 Å². The third-order valence-corrected chi connectivity index (χ3v) is 7.18. The second-order valence-electron chi connectivity index (χ2n) is 9.83. The van der Waals surface area contributed by atoms with E-state index >= 15 is 0 Å². The molecule has 0 bridgehead atoms. The van der Waals surface area contributed by atoms with E-state index in [0.717, 1.165) is 51.3 Å². The summed E-state index contributed by atoms with van der Waals surface area (Å²) in [6.07, 6.45) is 9.19. The highest BCUT2D eigenvalue weighted by atomic mass is 16.2. The molecule has 3 fully saturated rings. The number of amidine groups is 1. The summed E-state index contributed by atoms with van der Waals surface area (Å²) in [5.41, 5.74) is 1.14. The summed E-state index contributed by atoms with van der Waals surface area (Å²) >= 11 is 0. The maximum atomic E-state index is 13.0. The summed E-state index contributed by atoms with van der Waals surface area (Å²) in [7, 11) is 0. The van der Waals surface area contributed by atoms with Gasteiger partial charge in [-0.05, 0) is 43.6 Å². The largest absolute Gasteiger partial charge is 0.323 e. The van der Waals surface area contributed by atoms with Crippen LogP contribution in [0.4, 0.5) is 4.79 Å². The minimum Gasteiger partial charge on any atom is -0.312 e. The number of likely N-dealkylation sites (tertiary alicyclic amines) is 1. The van der Waals surface area contributed by atoms with Crippen LogP contribution < -0.4 is 5.32 Å². The molecule has 0 atom stereocenters. The van der Waals surface area contributed by atoms with Gasteiger partial charge in [0, 0.05) is 26.2 Å². The number of nitrogens with zero attached hydrogens (tertiary/aromatic N) is 3. The standard InChI is InChI=1S/C25H38N4O/c1-20(2)13-16-29-24(30)27-23(26-22-11-7-4-8-12-22)25(29)14-17-28(18-15-25)19-21-9-5-3-6-10-21/h3,5-6,9-10,20,22H,4,7-8,11-19H2,1-2H3,(H,26,27,30). The Morgan fingerprint density at radius 3 is 2.47 bits per heavy atom. The lowest BCUT2D eigenvalue weighted by atomic mass is 9.84. The van der Waals surface area contributed by atoms with Crippen molar-refractivity contribution in [2.24, 2.45) is 10.9 Å². The first-order valence-electron chi connectivity index (χ1n) is 12.0. The minimum absolute atomic E-state index is 0.0710. The zero-order chi connectivity index (χ0) is 21.0. The molecule has 0 radical (unpaired) electrons. The van der Waals surface area contributed by atoms with E-state index in [-0.39, 0.29) is 11.6 Å². The maximum Gasteiger partial charge on any atom is 0.323 e. The Bertz CT molecular complexity index is 731. The van der Waals surface area contributed by atoms with Crippen LogP contribution in [0.5, 0.6) is 0 Å². The van der Waals surface area contributed by atoms with E-state index < -0.39 is 0 Å². The highest BCUT2D eigenvalue weighted by Gasteiger charge is 2.52. The van der Waals surface area contributed by atoms with Crippen molar-refractivity contribution in [3.8, 4) is 0 Å². The molecule has 0 unspecified atom stereocenters. The molecule has 1 aliphatic carbocycles. The molecule has 2 saturated heterocycles. The van der Waals surface area contributed by atoms with Crippen LogP contribution in [0.15, 0.2) is 35.3 Å². The van der Waals surface area contributed by atoms with Crippen molar-refractivity contribution in [1.82, 2.24) is 15.1 Å². The van der Waals surface area contributed by atoms with E-state index in [1.807, 2.05) is 0 Å². The number of hydrogen-bond donors (Lipinski definition) is 1. The molecule has 2 amide bonds. The lowest BCUT2D eigenvalue weighted by Gasteiger charge is -2.44. The molecule has 2 aliphatic heterocycles. The van der Waals surface area contributed by atoms with Crippen molar-refractivity contribution in [2.75, 3.05) is 19.6 Å². The molecular formula is C25H38N4O. The highest BCUT2D eigenvalue weighted by Crippen LogP contribution is 2.36. The number of benzene rings is 1. The first-order chi connectivity index (χ1) is 14.6. The van der Waals surface area contributed by atoms with Crippen molar-refractivity contribution in [2.45, 2.75) is 83.3 Å². The monoisotopic (exact) mass is 410 g/mol. The molecule has 1 saturated carbocycles. The fourth-order valence-electron chi connectivity index (χ4n) is 5.28. The Morgan fingerprint density at radius 2 is 1.80 bits per heavy atom. The first kappa shape index (κ1) is 21.4. The average molecular weight is 411 g/mol. The summed E-state index contributed by atoms with van der Waals surface area (Å²) in [4.78, 5) is 22.8. The van der Waals surface area contributed by atoms with Crippen LogP contribution in [-0.4, -0.2) is 52.9 Å². The lowest BCUT2D eigenvalue weighted by molar-refractivity contribution is 0.0967. The van der Waals surface area contributed by atoms with Gasteiger partial charge in [0.1, 0.15) is 11.4 Å². The van der Waals surface area contributed by atoms with Gasteiger partial charge < -0.3 is 4.90 Å². The molecule has 2 heterocycles. The van der Waals surface area contributed by atoms with Gasteiger partial charge in [0.15, 0.2) is 0 Å². The smallest absolute Gasteiger partial charge is 0.312 e. The summed E-state index contributed by atoms with van der Waals surface area (Å²) in [6, 6.07) is 11.2. The summed E-state index contributed by atoms with van der Waals surface area (Å²) in [5.74, 6) is 1.56. The molecule has 4 rings (SSSR count). The van der Waals surface area contributed by atoms with Crippen LogP contribution in [0.3, 0.4) is 0 Å². The van der Waals surface area contributed by atoms with Crippen LogP contribution >= 0.6 is 0 Å². The van der Waals surface area contributed by atoms with E-state index in [9.17, 15) is 4.79 Å². The fraction of sp³-hybridized carbons (Fsp3) is 0.680. The Kier molecular flexibility index (Phi) is 6.77. The molecule has 30 heavy (non-hydrogen) atoms. The zero-order valence-corrected chi connectivity index (χ0v) is 18.8. The Balaban J connectivity index is 1.51.